The molecule has 2 N–H and O–H groups in total. The smallest absolute Gasteiger partial charge is 0.170 e. The number of hydrogen-bond acceptors (Lipinski definition) is 2. The topological polar surface area (TPSA) is 40.5 Å². The molecule has 1 atom stereocenters. The number of aromatic hydroxyl groups is 1. The first-order chi connectivity index (χ1) is 6.00. The molecule has 0 fully saturated rings. The van der Waals surface area contributed by atoms with Crippen LogP contribution in [0.25, 0.3) is 0 Å². The summed E-state index contributed by atoms with van der Waals surface area (Å²) in [4.78, 5) is 0. The van der Waals surface area contributed by atoms with E-state index < -0.39 is 17.7 Å². The highest BCUT2D eigenvalue weighted by Crippen LogP contribution is 2.27. The Kier molecular flexibility index (Phi) is 3.12. The van der Waals surface area contributed by atoms with Gasteiger partial charge >= 0.3 is 0 Å². The zero-order chi connectivity index (χ0) is 10.0. The summed E-state index contributed by atoms with van der Waals surface area (Å²) < 4.78 is 12.9. The molecule has 0 bridgehead atoms. The second-order valence-corrected chi connectivity index (χ2v) is 3.37. The molecule has 0 aromatic heterocycles. The van der Waals surface area contributed by atoms with Crippen LogP contribution in [-0.2, 0) is 6.42 Å². The van der Waals surface area contributed by atoms with Crippen molar-refractivity contribution >= 4 is 11.6 Å². The Labute approximate surface area is 80.6 Å². The van der Waals surface area contributed by atoms with Crippen LogP contribution in [-0.4, -0.2) is 16.3 Å². The van der Waals surface area contributed by atoms with Crippen molar-refractivity contribution in [2.24, 2.45) is 0 Å². The van der Waals surface area contributed by atoms with E-state index in [0.29, 0.717) is 12.0 Å². The van der Waals surface area contributed by atoms with Gasteiger partial charge in [0, 0.05) is 0 Å². The molecule has 0 spiro atoms. The van der Waals surface area contributed by atoms with Crippen LogP contribution in [0.3, 0.4) is 0 Å². The van der Waals surface area contributed by atoms with Crippen molar-refractivity contribution in [3.05, 3.63) is 28.5 Å². The number of rotatable bonds is 2. The Bertz CT molecular complexity index is 289. The van der Waals surface area contributed by atoms with Gasteiger partial charge in [-0.1, -0.05) is 11.6 Å². The maximum absolute atomic E-state index is 12.9. The monoisotopic (exact) mass is 204 g/mol. The van der Waals surface area contributed by atoms with Crippen LogP contribution in [0.5, 0.6) is 5.75 Å². The minimum atomic E-state index is -0.761. The molecule has 0 saturated heterocycles. The van der Waals surface area contributed by atoms with E-state index in [4.69, 9.17) is 21.8 Å². The molecule has 2 nitrogen and oxygen atoms in total. The third-order valence-electron chi connectivity index (χ3n) is 1.61. The number of phenols is 1. The van der Waals surface area contributed by atoms with Gasteiger partial charge in [-0.2, -0.15) is 0 Å². The van der Waals surface area contributed by atoms with Gasteiger partial charge < -0.3 is 10.2 Å². The van der Waals surface area contributed by atoms with Crippen molar-refractivity contribution in [3.8, 4) is 5.75 Å². The molecule has 13 heavy (non-hydrogen) atoms. The number of aliphatic hydroxyl groups excluding tert-OH is 1. The molecule has 4 heteroatoms. The number of halogens is 2. The van der Waals surface area contributed by atoms with Gasteiger partial charge in [0.2, 0.25) is 0 Å². The van der Waals surface area contributed by atoms with Gasteiger partial charge in [0.25, 0.3) is 0 Å². The quantitative estimate of drug-likeness (QED) is 0.775. The predicted molar refractivity (Wildman–Crippen MR) is 48.5 cm³/mol. The fourth-order valence-electron chi connectivity index (χ4n) is 1.08. The maximum Gasteiger partial charge on any atom is 0.170 e. The Morgan fingerprint density at radius 1 is 1.54 bits per heavy atom. The van der Waals surface area contributed by atoms with Crippen molar-refractivity contribution in [1.82, 2.24) is 0 Å². The van der Waals surface area contributed by atoms with E-state index in [1.54, 1.807) is 6.92 Å². The Morgan fingerprint density at radius 3 is 2.62 bits per heavy atom. The molecule has 0 amide bonds. The van der Waals surface area contributed by atoms with Gasteiger partial charge in [-0.25, -0.2) is 4.39 Å². The fraction of sp³-hybridized carbons (Fsp3) is 0.333. The molecule has 0 aliphatic carbocycles. The average Bonchev–Trinajstić information content (AvgIpc) is 1.98. The van der Waals surface area contributed by atoms with Crippen molar-refractivity contribution in [1.29, 1.82) is 0 Å². The minimum Gasteiger partial charge on any atom is -0.504 e. The second kappa shape index (κ2) is 3.94. The zero-order valence-corrected chi connectivity index (χ0v) is 7.85. The molecule has 0 aliphatic rings. The van der Waals surface area contributed by atoms with E-state index in [2.05, 4.69) is 0 Å². The van der Waals surface area contributed by atoms with E-state index >= 15 is 0 Å². The number of phenolic OH excluding ortho intramolecular Hbond substituents is 1. The summed E-state index contributed by atoms with van der Waals surface area (Å²) in [6.45, 7) is 1.60. The van der Waals surface area contributed by atoms with E-state index in [9.17, 15) is 4.39 Å². The molecule has 1 aromatic rings. The Balaban J connectivity index is 2.99. The second-order valence-electron chi connectivity index (χ2n) is 2.96. The van der Waals surface area contributed by atoms with Crippen molar-refractivity contribution < 1.29 is 14.6 Å². The molecule has 0 heterocycles. The highest BCUT2D eigenvalue weighted by molar-refractivity contribution is 6.32. The number of hydrogen-bond donors (Lipinski definition) is 2. The van der Waals surface area contributed by atoms with Crippen LogP contribution in [0, 0.1) is 5.82 Å². The summed E-state index contributed by atoms with van der Waals surface area (Å²) in [6.07, 6.45) is -0.239. The summed E-state index contributed by atoms with van der Waals surface area (Å²) in [6, 6.07) is 2.60. The predicted octanol–water partition coefficient (Wildman–Crippen LogP) is 2.11. The third-order valence-corrected chi connectivity index (χ3v) is 1.90. The third kappa shape index (κ3) is 2.57. The summed E-state index contributed by atoms with van der Waals surface area (Å²) in [7, 11) is 0. The maximum atomic E-state index is 12.9. The van der Waals surface area contributed by atoms with Crippen molar-refractivity contribution in [2.45, 2.75) is 19.4 Å². The minimum absolute atomic E-state index is 0.0318. The lowest BCUT2D eigenvalue weighted by atomic mass is 10.1. The van der Waals surface area contributed by atoms with Gasteiger partial charge in [0.15, 0.2) is 11.6 Å². The Hall–Kier alpha value is -0.800. The van der Waals surface area contributed by atoms with Crippen LogP contribution in [0.15, 0.2) is 12.1 Å². The number of aliphatic hydroxyl groups is 1. The van der Waals surface area contributed by atoms with Gasteiger partial charge in [-0.05, 0) is 31.0 Å². The van der Waals surface area contributed by atoms with Crippen LogP contribution in [0.4, 0.5) is 4.39 Å². The molecular weight excluding hydrogens is 195 g/mol. The van der Waals surface area contributed by atoms with Crippen LogP contribution in [0.2, 0.25) is 5.02 Å². The van der Waals surface area contributed by atoms with E-state index in [-0.39, 0.29) is 5.02 Å². The van der Waals surface area contributed by atoms with Crippen molar-refractivity contribution in [3.63, 3.8) is 0 Å². The molecule has 72 valence electrons. The standard InChI is InChI=1S/C9H10ClFO2/c1-5(12)2-6-3-7(10)9(13)8(11)4-6/h3-5,12-13H,2H2,1H3. The van der Waals surface area contributed by atoms with E-state index in [1.165, 1.54) is 6.07 Å². The first-order valence-corrected chi connectivity index (χ1v) is 4.23. The van der Waals surface area contributed by atoms with Gasteiger partial charge in [-0.3, -0.25) is 0 Å². The largest absolute Gasteiger partial charge is 0.504 e. The van der Waals surface area contributed by atoms with Crippen LogP contribution < -0.4 is 0 Å². The lowest BCUT2D eigenvalue weighted by molar-refractivity contribution is 0.195. The summed E-state index contributed by atoms with van der Waals surface area (Å²) >= 11 is 5.53. The first kappa shape index (κ1) is 10.3. The molecule has 1 unspecified atom stereocenters. The van der Waals surface area contributed by atoms with Crippen molar-refractivity contribution in [2.75, 3.05) is 0 Å². The molecule has 1 aromatic carbocycles. The summed E-state index contributed by atoms with van der Waals surface area (Å²) in [5, 5.41) is 18.0. The highest BCUT2D eigenvalue weighted by atomic mass is 35.5. The lowest BCUT2D eigenvalue weighted by Gasteiger charge is -2.06. The van der Waals surface area contributed by atoms with Crippen LogP contribution >= 0.6 is 11.6 Å². The molecular formula is C9H10ClFO2. The van der Waals surface area contributed by atoms with E-state index in [1.807, 2.05) is 0 Å². The molecule has 0 saturated carbocycles. The molecule has 0 aliphatic heterocycles. The summed E-state index contributed by atoms with van der Waals surface area (Å²) in [5.41, 5.74) is 0.565. The number of benzene rings is 1. The first-order valence-electron chi connectivity index (χ1n) is 3.85. The van der Waals surface area contributed by atoms with E-state index in [0.717, 1.165) is 6.07 Å². The Morgan fingerprint density at radius 2 is 2.15 bits per heavy atom. The molecule has 0 radical (unpaired) electrons. The highest BCUT2D eigenvalue weighted by Gasteiger charge is 2.09. The van der Waals surface area contributed by atoms with Gasteiger partial charge in [0.1, 0.15) is 0 Å². The van der Waals surface area contributed by atoms with Crippen LogP contribution in [0.1, 0.15) is 12.5 Å². The fourth-order valence-corrected chi connectivity index (χ4v) is 1.31. The molecule has 1 rings (SSSR count). The lowest BCUT2D eigenvalue weighted by Crippen LogP contribution is -2.04. The average molecular weight is 205 g/mol. The van der Waals surface area contributed by atoms with Gasteiger partial charge in [0.05, 0.1) is 11.1 Å². The SMILES string of the molecule is CC(O)Cc1cc(F)c(O)c(Cl)c1. The zero-order valence-electron chi connectivity index (χ0n) is 7.09. The normalized spacial score (nSPS) is 12.9. The summed E-state index contributed by atoms with van der Waals surface area (Å²) in [5.74, 6) is -1.31. The van der Waals surface area contributed by atoms with Gasteiger partial charge in [-0.15, -0.1) is 0 Å².